The van der Waals surface area contributed by atoms with Crippen LogP contribution in [0.15, 0.2) is 17.1 Å². The maximum Gasteiger partial charge on any atom is 0.220 e. The van der Waals surface area contributed by atoms with E-state index in [4.69, 9.17) is 9.47 Å². The van der Waals surface area contributed by atoms with E-state index in [1.807, 2.05) is 0 Å². The van der Waals surface area contributed by atoms with Crippen LogP contribution < -0.4 is 20.1 Å². The van der Waals surface area contributed by atoms with Gasteiger partial charge in [-0.1, -0.05) is 0 Å². The van der Waals surface area contributed by atoms with Gasteiger partial charge in [0.05, 0.1) is 14.2 Å². The van der Waals surface area contributed by atoms with Gasteiger partial charge in [0.1, 0.15) is 0 Å². The normalized spacial score (nSPS) is 16.0. The maximum atomic E-state index is 11.8. The van der Waals surface area contributed by atoms with Crippen molar-refractivity contribution < 1.29 is 14.3 Å². The first-order valence-corrected chi connectivity index (χ1v) is 9.63. The summed E-state index contributed by atoms with van der Waals surface area (Å²) < 4.78 is 10.8. The number of amides is 1. The number of rotatable bonds is 7. The lowest BCUT2D eigenvalue weighted by atomic mass is 9.99. The highest BCUT2D eigenvalue weighted by Crippen LogP contribution is 2.33. The van der Waals surface area contributed by atoms with E-state index in [0.717, 1.165) is 62.8 Å². The monoisotopic (exact) mass is 502 g/mol. The van der Waals surface area contributed by atoms with Crippen LogP contribution in [0.5, 0.6) is 11.5 Å². The van der Waals surface area contributed by atoms with Gasteiger partial charge in [-0.15, -0.1) is 24.0 Å². The summed E-state index contributed by atoms with van der Waals surface area (Å²) in [5, 5.41) is 6.41. The molecule has 156 valence electrons. The van der Waals surface area contributed by atoms with Crippen LogP contribution in [0.3, 0.4) is 0 Å². The Morgan fingerprint density at radius 3 is 2.50 bits per heavy atom. The minimum atomic E-state index is 0. The number of aliphatic imine (C=N–C) groups is 1. The number of ether oxygens (including phenoxy) is 2. The minimum absolute atomic E-state index is 0. The van der Waals surface area contributed by atoms with Crippen molar-refractivity contribution in [3.05, 3.63) is 23.3 Å². The summed E-state index contributed by atoms with van der Waals surface area (Å²) in [6, 6.07) is 4.55. The molecule has 7 nitrogen and oxygen atoms in total. The summed E-state index contributed by atoms with van der Waals surface area (Å²) in [4.78, 5) is 18.4. The molecule has 0 bridgehead atoms. The first kappa shape index (κ1) is 22.6. The van der Waals surface area contributed by atoms with Gasteiger partial charge in [0.25, 0.3) is 0 Å². The predicted molar refractivity (Wildman–Crippen MR) is 121 cm³/mol. The molecule has 0 saturated heterocycles. The van der Waals surface area contributed by atoms with Crippen LogP contribution >= 0.6 is 24.0 Å². The Morgan fingerprint density at radius 1 is 1.21 bits per heavy atom. The Bertz CT molecular complexity index is 707. The number of nitrogens with one attached hydrogen (secondary N) is 2. The van der Waals surface area contributed by atoms with Gasteiger partial charge in [-0.25, -0.2) is 0 Å². The highest BCUT2D eigenvalue weighted by molar-refractivity contribution is 14.0. The Kier molecular flexibility index (Phi) is 8.65. The van der Waals surface area contributed by atoms with E-state index >= 15 is 0 Å². The van der Waals surface area contributed by atoms with Gasteiger partial charge < -0.3 is 25.0 Å². The summed E-state index contributed by atoms with van der Waals surface area (Å²) in [5.74, 6) is 2.56. The molecule has 2 N–H and O–H groups in total. The Balaban J connectivity index is 0.00000280. The van der Waals surface area contributed by atoms with E-state index in [1.165, 1.54) is 11.1 Å². The van der Waals surface area contributed by atoms with Gasteiger partial charge in [-0.05, 0) is 48.9 Å². The molecular formula is C20H31IN4O3. The topological polar surface area (TPSA) is 75.2 Å². The van der Waals surface area contributed by atoms with Gasteiger partial charge in [-0.3, -0.25) is 9.79 Å². The number of hydrogen-bond acceptors (Lipinski definition) is 4. The van der Waals surface area contributed by atoms with E-state index < -0.39 is 0 Å². The average Bonchev–Trinajstić information content (AvgIpc) is 3.50. The van der Waals surface area contributed by atoms with E-state index in [0.29, 0.717) is 12.5 Å². The smallest absolute Gasteiger partial charge is 0.220 e. The van der Waals surface area contributed by atoms with E-state index in [-0.39, 0.29) is 29.9 Å². The molecule has 1 aromatic carbocycles. The van der Waals surface area contributed by atoms with Gasteiger partial charge >= 0.3 is 0 Å². The van der Waals surface area contributed by atoms with Crippen molar-refractivity contribution in [2.45, 2.75) is 44.7 Å². The molecule has 0 radical (unpaired) electrons. The van der Waals surface area contributed by atoms with E-state index in [9.17, 15) is 4.79 Å². The Morgan fingerprint density at radius 2 is 1.89 bits per heavy atom. The van der Waals surface area contributed by atoms with Crippen molar-refractivity contribution in [2.24, 2.45) is 4.99 Å². The molecule has 0 spiro atoms. The first-order valence-electron chi connectivity index (χ1n) is 9.63. The molecule has 1 saturated carbocycles. The molecule has 0 unspecified atom stereocenters. The van der Waals surface area contributed by atoms with Crippen molar-refractivity contribution in [1.82, 2.24) is 15.5 Å². The summed E-state index contributed by atoms with van der Waals surface area (Å²) in [7, 11) is 5.12. The Labute approximate surface area is 184 Å². The summed E-state index contributed by atoms with van der Waals surface area (Å²) >= 11 is 0. The number of methoxy groups -OCH3 is 2. The largest absolute Gasteiger partial charge is 0.493 e. The third kappa shape index (κ3) is 5.89. The summed E-state index contributed by atoms with van der Waals surface area (Å²) in [6.45, 7) is 2.40. The SMILES string of the molecule is CN=C(NCCCC(=O)NC1CC1)N1CCc2cc(OC)c(OC)cc2C1.I. The fraction of sp³-hybridized carbons (Fsp3) is 0.600. The molecule has 1 fully saturated rings. The molecule has 1 aliphatic carbocycles. The second kappa shape index (κ2) is 10.7. The number of hydrogen-bond donors (Lipinski definition) is 2. The van der Waals surface area contributed by atoms with Crippen molar-refractivity contribution in [3.8, 4) is 11.5 Å². The zero-order valence-corrected chi connectivity index (χ0v) is 19.2. The van der Waals surface area contributed by atoms with Crippen LogP contribution in [0.1, 0.15) is 36.8 Å². The quantitative estimate of drug-likeness (QED) is 0.259. The van der Waals surface area contributed by atoms with Crippen molar-refractivity contribution >= 4 is 35.8 Å². The molecule has 28 heavy (non-hydrogen) atoms. The van der Waals surface area contributed by atoms with Gasteiger partial charge in [0, 0.05) is 39.1 Å². The first-order chi connectivity index (χ1) is 13.1. The molecule has 0 aromatic heterocycles. The Hall–Kier alpha value is -1.71. The second-order valence-electron chi connectivity index (χ2n) is 7.07. The van der Waals surface area contributed by atoms with Gasteiger partial charge in [0.2, 0.25) is 5.91 Å². The number of nitrogens with zero attached hydrogens (tertiary/aromatic N) is 2. The third-order valence-corrected chi connectivity index (χ3v) is 5.04. The van der Waals surface area contributed by atoms with Crippen LogP contribution in [0.4, 0.5) is 0 Å². The molecule has 0 atom stereocenters. The zero-order valence-electron chi connectivity index (χ0n) is 16.9. The third-order valence-electron chi connectivity index (χ3n) is 5.04. The van der Waals surface area contributed by atoms with Crippen LogP contribution in [-0.4, -0.2) is 57.2 Å². The van der Waals surface area contributed by atoms with Crippen molar-refractivity contribution in [1.29, 1.82) is 0 Å². The van der Waals surface area contributed by atoms with Crippen LogP contribution in [0.2, 0.25) is 0 Å². The number of fused-ring (bicyclic) bond motifs is 1. The van der Waals surface area contributed by atoms with Crippen molar-refractivity contribution in [3.63, 3.8) is 0 Å². The molecule has 8 heteroatoms. The van der Waals surface area contributed by atoms with Crippen LogP contribution in [0.25, 0.3) is 0 Å². The predicted octanol–water partition coefficient (Wildman–Crippen LogP) is 2.31. The number of halogens is 1. The lowest BCUT2D eigenvalue weighted by Gasteiger charge is -2.32. The standard InChI is InChI=1S/C20H30N4O3.HI/c1-21-20(22-9-4-5-19(25)23-16-6-7-16)24-10-8-14-11-17(26-2)18(27-3)12-15(14)13-24;/h11-12,16H,4-10,13H2,1-3H3,(H,21,22)(H,23,25);1H. The number of guanidine groups is 1. The molecule has 2 aliphatic rings. The average molecular weight is 502 g/mol. The van der Waals surface area contributed by atoms with E-state index in [2.05, 4.69) is 32.7 Å². The van der Waals surface area contributed by atoms with Crippen LogP contribution in [0, 0.1) is 0 Å². The van der Waals surface area contributed by atoms with Crippen molar-refractivity contribution in [2.75, 3.05) is 34.4 Å². The maximum absolute atomic E-state index is 11.8. The van der Waals surface area contributed by atoms with Gasteiger partial charge in [-0.2, -0.15) is 0 Å². The lowest BCUT2D eigenvalue weighted by molar-refractivity contribution is -0.121. The molecule has 3 rings (SSSR count). The second-order valence-corrected chi connectivity index (χ2v) is 7.07. The number of benzene rings is 1. The molecule has 1 aliphatic heterocycles. The lowest BCUT2D eigenvalue weighted by Crippen LogP contribution is -2.44. The number of carbonyl (C=O) groups is 1. The summed E-state index contributed by atoms with van der Waals surface area (Å²) in [5.41, 5.74) is 2.52. The highest BCUT2D eigenvalue weighted by atomic mass is 127. The molecule has 1 aromatic rings. The minimum Gasteiger partial charge on any atom is -0.493 e. The van der Waals surface area contributed by atoms with E-state index in [1.54, 1.807) is 21.3 Å². The van der Waals surface area contributed by atoms with Crippen LogP contribution in [-0.2, 0) is 17.8 Å². The molecular weight excluding hydrogens is 471 g/mol. The highest BCUT2D eigenvalue weighted by Gasteiger charge is 2.23. The summed E-state index contributed by atoms with van der Waals surface area (Å²) in [6.07, 6.45) is 4.54. The fourth-order valence-electron chi connectivity index (χ4n) is 3.37. The molecule has 1 heterocycles. The van der Waals surface area contributed by atoms with Gasteiger partial charge in [0.15, 0.2) is 17.5 Å². The number of carbonyl (C=O) groups excluding carboxylic acids is 1. The zero-order chi connectivity index (χ0) is 19.2. The molecule has 1 amide bonds. The fourth-order valence-corrected chi connectivity index (χ4v) is 3.37.